The standard InChI is InChI=1S/C10H13N5O2/c1-11-8-13-9(15-10(14-8)16-2)12-6-7-4-3-5-17-7/h3-5H,6H2,1-2H3,(H2,11,12,13,14,15). The zero-order chi connectivity index (χ0) is 12.1. The molecule has 17 heavy (non-hydrogen) atoms. The third-order valence-corrected chi connectivity index (χ3v) is 2.02. The predicted octanol–water partition coefficient (Wildman–Crippen LogP) is 1.13. The van der Waals surface area contributed by atoms with E-state index in [-0.39, 0.29) is 6.01 Å². The van der Waals surface area contributed by atoms with Crippen LogP contribution >= 0.6 is 0 Å². The van der Waals surface area contributed by atoms with Gasteiger partial charge in [-0.3, -0.25) is 0 Å². The first-order chi connectivity index (χ1) is 8.31. The van der Waals surface area contributed by atoms with Crippen LogP contribution in [0.1, 0.15) is 5.76 Å². The van der Waals surface area contributed by atoms with Gasteiger partial charge in [-0.25, -0.2) is 0 Å². The Morgan fingerprint density at radius 2 is 2.12 bits per heavy atom. The maximum absolute atomic E-state index is 5.19. The molecule has 2 N–H and O–H groups in total. The highest BCUT2D eigenvalue weighted by Gasteiger charge is 2.05. The summed E-state index contributed by atoms with van der Waals surface area (Å²) in [7, 11) is 3.23. The molecule has 0 saturated carbocycles. The van der Waals surface area contributed by atoms with Gasteiger partial charge >= 0.3 is 6.01 Å². The Bertz CT molecular complexity index is 449. The van der Waals surface area contributed by atoms with Crippen LogP contribution in [0.25, 0.3) is 0 Å². The number of methoxy groups -OCH3 is 1. The molecule has 0 spiro atoms. The van der Waals surface area contributed by atoms with Gasteiger partial charge in [0.1, 0.15) is 5.76 Å². The van der Waals surface area contributed by atoms with Crippen LogP contribution in [0.4, 0.5) is 11.9 Å². The molecule has 0 bridgehead atoms. The number of furan rings is 1. The molecule has 0 aliphatic heterocycles. The largest absolute Gasteiger partial charge is 0.467 e. The minimum Gasteiger partial charge on any atom is -0.467 e. The molecular formula is C10H13N5O2. The second-order valence-electron chi connectivity index (χ2n) is 3.15. The van der Waals surface area contributed by atoms with Crippen molar-refractivity contribution < 1.29 is 9.15 Å². The topological polar surface area (TPSA) is 85.1 Å². The zero-order valence-electron chi connectivity index (χ0n) is 9.60. The Morgan fingerprint density at radius 1 is 1.29 bits per heavy atom. The smallest absolute Gasteiger partial charge is 0.322 e. The van der Waals surface area contributed by atoms with E-state index < -0.39 is 0 Å². The van der Waals surface area contributed by atoms with E-state index in [0.29, 0.717) is 18.4 Å². The minimum absolute atomic E-state index is 0.256. The quantitative estimate of drug-likeness (QED) is 0.803. The van der Waals surface area contributed by atoms with Crippen molar-refractivity contribution in [3.8, 4) is 6.01 Å². The van der Waals surface area contributed by atoms with Crippen molar-refractivity contribution in [2.75, 3.05) is 24.8 Å². The molecule has 2 aromatic heterocycles. The van der Waals surface area contributed by atoms with Crippen LogP contribution in [0.2, 0.25) is 0 Å². The van der Waals surface area contributed by atoms with Crippen LogP contribution in [0.3, 0.4) is 0 Å². The maximum atomic E-state index is 5.19. The summed E-state index contributed by atoms with van der Waals surface area (Å²) in [6, 6.07) is 3.94. The molecule has 2 aromatic rings. The molecule has 0 aliphatic carbocycles. The fourth-order valence-corrected chi connectivity index (χ4v) is 1.22. The number of hydrogen-bond donors (Lipinski definition) is 2. The maximum Gasteiger partial charge on any atom is 0.322 e. The molecule has 0 unspecified atom stereocenters. The van der Waals surface area contributed by atoms with E-state index in [1.807, 2.05) is 12.1 Å². The van der Waals surface area contributed by atoms with E-state index in [0.717, 1.165) is 5.76 Å². The lowest BCUT2D eigenvalue weighted by atomic mass is 10.4. The Kier molecular flexibility index (Phi) is 3.39. The van der Waals surface area contributed by atoms with Crippen molar-refractivity contribution in [3.05, 3.63) is 24.2 Å². The van der Waals surface area contributed by atoms with E-state index in [1.165, 1.54) is 7.11 Å². The van der Waals surface area contributed by atoms with Gasteiger partial charge < -0.3 is 19.8 Å². The molecule has 0 atom stereocenters. The van der Waals surface area contributed by atoms with Crippen molar-refractivity contribution in [2.45, 2.75) is 6.54 Å². The molecule has 0 aromatic carbocycles. The Balaban J connectivity index is 2.09. The monoisotopic (exact) mass is 235 g/mol. The van der Waals surface area contributed by atoms with Crippen LogP contribution < -0.4 is 15.4 Å². The first-order valence-corrected chi connectivity index (χ1v) is 5.06. The molecule has 0 aliphatic rings. The molecule has 0 radical (unpaired) electrons. The average Bonchev–Trinajstić information content (AvgIpc) is 2.89. The summed E-state index contributed by atoms with van der Waals surface area (Å²) < 4.78 is 10.2. The Labute approximate surface area is 98.2 Å². The lowest BCUT2D eigenvalue weighted by molar-refractivity contribution is 0.379. The molecule has 90 valence electrons. The third-order valence-electron chi connectivity index (χ3n) is 2.02. The van der Waals surface area contributed by atoms with Crippen molar-refractivity contribution in [1.82, 2.24) is 15.0 Å². The van der Waals surface area contributed by atoms with E-state index >= 15 is 0 Å². The van der Waals surface area contributed by atoms with Crippen LogP contribution in [0.5, 0.6) is 6.01 Å². The van der Waals surface area contributed by atoms with Gasteiger partial charge in [-0.15, -0.1) is 0 Å². The molecule has 2 rings (SSSR count). The van der Waals surface area contributed by atoms with Crippen LogP contribution in [-0.2, 0) is 6.54 Å². The van der Waals surface area contributed by atoms with Gasteiger partial charge in [-0.1, -0.05) is 0 Å². The van der Waals surface area contributed by atoms with Gasteiger partial charge in [0, 0.05) is 7.05 Å². The molecule has 7 heteroatoms. The van der Waals surface area contributed by atoms with E-state index in [4.69, 9.17) is 9.15 Å². The van der Waals surface area contributed by atoms with Gasteiger partial charge in [-0.2, -0.15) is 15.0 Å². The fraction of sp³-hybridized carbons (Fsp3) is 0.300. The summed E-state index contributed by atoms with van der Waals surface area (Å²) in [5.74, 6) is 1.67. The number of hydrogen-bond acceptors (Lipinski definition) is 7. The highest BCUT2D eigenvalue weighted by molar-refractivity contribution is 5.35. The Morgan fingerprint density at radius 3 is 2.76 bits per heavy atom. The lowest BCUT2D eigenvalue weighted by Crippen LogP contribution is -2.08. The van der Waals surface area contributed by atoms with Crippen LogP contribution in [0.15, 0.2) is 22.8 Å². The summed E-state index contributed by atoms with van der Waals surface area (Å²) in [5, 5.41) is 5.85. The molecule has 0 saturated heterocycles. The van der Waals surface area contributed by atoms with Gasteiger partial charge in [0.2, 0.25) is 11.9 Å². The summed E-state index contributed by atoms with van der Waals surface area (Å²) in [4.78, 5) is 12.2. The van der Waals surface area contributed by atoms with E-state index in [1.54, 1.807) is 13.3 Å². The normalized spacial score (nSPS) is 10.0. The SMILES string of the molecule is CNc1nc(NCc2ccco2)nc(OC)n1. The first kappa shape index (κ1) is 11.2. The van der Waals surface area contributed by atoms with Crippen molar-refractivity contribution >= 4 is 11.9 Å². The number of nitrogens with zero attached hydrogens (tertiary/aromatic N) is 3. The molecular weight excluding hydrogens is 222 g/mol. The second-order valence-corrected chi connectivity index (χ2v) is 3.15. The average molecular weight is 235 g/mol. The van der Waals surface area contributed by atoms with Gasteiger partial charge in [0.25, 0.3) is 0 Å². The first-order valence-electron chi connectivity index (χ1n) is 5.06. The van der Waals surface area contributed by atoms with Crippen LogP contribution in [0, 0.1) is 0 Å². The summed E-state index contributed by atoms with van der Waals surface area (Å²) in [6.45, 7) is 0.503. The predicted molar refractivity (Wildman–Crippen MR) is 62.0 cm³/mol. The van der Waals surface area contributed by atoms with Crippen molar-refractivity contribution in [2.24, 2.45) is 0 Å². The van der Waals surface area contributed by atoms with Gasteiger partial charge in [-0.05, 0) is 12.1 Å². The lowest BCUT2D eigenvalue weighted by Gasteiger charge is -2.06. The number of aromatic nitrogens is 3. The highest BCUT2D eigenvalue weighted by Crippen LogP contribution is 2.11. The molecule has 0 amide bonds. The number of ether oxygens (including phenoxy) is 1. The van der Waals surface area contributed by atoms with E-state index in [9.17, 15) is 0 Å². The highest BCUT2D eigenvalue weighted by atomic mass is 16.5. The molecule has 2 heterocycles. The minimum atomic E-state index is 0.256. The number of nitrogens with one attached hydrogen (secondary N) is 2. The number of rotatable bonds is 5. The summed E-state index contributed by atoms with van der Waals surface area (Å²) in [6.07, 6.45) is 1.62. The van der Waals surface area contributed by atoms with E-state index in [2.05, 4.69) is 25.6 Å². The fourth-order valence-electron chi connectivity index (χ4n) is 1.22. The van der Waals surface area contributed by atoms with Crippen LogP contribution in [-0.4, -0.2) is 29.1 Å². The van der Waals surface area contributed by atoms with Gasteiger partial charge in [0.15, 0.2) is 0 Å². The summed E-state index contributed by atoms with van der Waals surface area (Å²) in [5.41, 5.74) is 0. The molecule has 7 nitrogen and oxygen atoms in total. The van der Waals surface area contributed by atoms with Crippen molar-refractivity contribution in [3.63, 3.8) is 0 Å². The van der Waals surface area contributed by atoms with Crippen molar-refractivity contribution in [1.29, 1.82) is 0 Å². The summed E-state index contributed by atoms with van der Waals surface area (Å²) >= 11 is 0. The Hall–Kier alpha value is -2.31. The second kappa shape index (κ2) is 5.15. The van der Waals surface area contributed by atoms with Gasteiger partial charge in [0.05, 0.1) is 19.9 Å². The third kappa shape index (κ3) is 2.83. The zero-order valence-corrected chi connectivity index (χ0v) is 9.60. The number of anilines is 2. The molecule has 0 fully saturated rings.